The van der Waals surface area contributed by atoms with Crippen molar-refractivity contribution in [1.82, 2.24) is 10.3 Å². The molecule has 0 saturated carbocycles. The van der Waals surface area contributed by atoms with Gasteiger partial charge in [0, 0.05) is 29.2 Å². The van der Waals surface area contributed by atoms with E-state index in [4.69, 9.17) is 9.47 Å². The summed E-state index contributed by atoms with van der Waals surface area (Å²) >= 11 is 0. The van der Waals surface area contributed by atoms with E-state index in [0.717, 1.165) is 5.56 Å². The van der Waals surface area contributed by atoms with Gasteiger partial charge < -0.3 is 20.1 Å². The number of aromatic nitrogens is 1. The van der Waals surface area contributed by atoms with Gasteiger partial charge in [-0.25, -0.2) is 0 Å². The van der Waals surface area contributed by atoms with Gasteiger partial charge in [0.15, 0.2) is 0 Å². The van der Waals surface area contributed by atoms with Crippen LogP contribution in [0.25, 0.3) is 0 Å². The van der Waals surface area contributed by atoms with Crippen molar-refractivity contribution >= 4 is 17.5 Å². The van der Waals surface area contributed by atoms with Crippen molar-refractivity contribution in [2.45, 2.75) is 13.0 Å². The van der Waals surface area contributed by atoms with Gasteiger partial charge in [-0.15, -0.1) is 0 Å². The number of methoxy groups -OCH3 is 2. The zero-order valence-electron chi connectivity index (χ0n) is 17.0. The molecule has 0 bridgehead atoms. The van der Waals surface area contributed by atoms with E-state index < -0.39 is 0 Å². The SMILES string of the molecule is COc1ccc(OC)c(C(C)NC(=O)c2cccc(NC(=O)c3cccnc3)c2)c1. The van der Waals surface area contributed by atoms with Crippen molar-refractivity contribution in [1.29, 1.82) is 0 Å². The number of hydrogen-bond donors (Lipinski definition) is 2. The largest absolute Gasteiger partial charge is 0.497 e. The van der Waals surface area contributed by atoms with Crippen molar-refractivity contribution in [3.05, 3.63) is 83.7 Å². The first-order chi connectivity index (χ1) is 14.5. The summed E-state index contributed by atoms with van der Waals surface area (Å²) in [5.74, 6) is 0.757. The Labute approximate surface area is 175 Å². The highest BCUT2D eigenvalue weighted by atomic mass is 16.5. The van der Waals surface area contributed by atoms with Crippen LogP contribution in [0.3, 0.4) is 0 Å². The van der Waals surface area contributed by atoms with Crippen LogP contribution in [0.1, 0.15) is 39.2 Å². The highest BCUT2D eigenvalue weighted by Gasteiger charge is 2.17. The summed E-state index contributed by atoms with van der Waals surface area (Å²) in [6, 6.07) is 15.2. The fourth-order valence-corrected chi connectivity index (χ4v) is 2.97. The van der Waals surface area contributed by atoms with Gasteiger partial charge in [0.05, 0.1) is 25.8 Å². The van der Waals surface area contributed by atoms with E-state index in [2.05, 4.69) is 15.6 Å². The summed E-state index contributed by atoms with van der Waals surface area (Å²) in [6.07, 6.45) is 3.08. The molecule has 0 radical (unpaired) electrons. The molecule has 0 fully saturated rings. The van der Waals surface area contributed by atoms with Gasteiger partial charge in [-0.2, -0.15) is 0 Å². The average Bonchev–Trinajstić information content (AvgIpc) is 2.79. The number of hydrogen-bond acceptors (Lipinski definition) is 5. The number of nitrogens with zero attached hydrogens (tertiary/aromatic N) is 1. The minimum atomic E-state index is -0.323. The molecule has 1 unspecified atom stereocenters. The van der Waals surface area contributed by atoms with Crippen molar-refractivity contribution in [2.75, 3.05) is 19.5 Å². The number of carbonyl (C=O) groups is 2. The summed E-state index contributed by atoms with van der Waals surface area (Å²) in [5, 5.41) is 5.73. The van der Waals surface area contributed by atoms with Gasteiger partial charge in [-0.05, 0) is 55.5 Å². The van der Waals surface area contributed by atoms with Gasteiger partial charge in [0.25, 0.3) is 11.8 Å². The van der Waals surface area contributed by atoms with E-state index in [-0.39, 0.29) is 17.9 Å². The molecular formula is C23H23N3O4. The lowest BCUT2D eigenvalue weighted by atomic mass is 10.1. The van der Waals surface area contributed by atoms with Crippen LogP contribution < -0.4 is 20.1 Å². The monoisotopic (exact) mass is 405 g/mol. The molecular weight excluding hydrogens is 382 g/mol. The Hall–Kier alpha value is -3.87. The molecule has 0 saturated heterocycles. The third-order valence-electron chi connectivity index (χ3n) is 4.56. The first-order valence-corrected chi connectivity index (χ1v) is 9.36. The lowest BCUT2D eigenvalue weighted by Crippen LogP contribution is -2.27. The molecule has 7 heteroatoms. The number of anilines is 1. The van der Waals surface area contributed by atoms with E-state index in [1.54, 1.807) is 68.9 Å². The van der Waals surface area contributed by atoms with E-state index in [0.29, 0.717) is 28.3 Å². The summed E-state index contributed by atoms with van der Waals surface area (Å²) in [4.78, 5) is 29.0. The fraction of sp³-hybridized carbons (Fsp3) is 0.174. The van der Waals surface area contributed by atoms with Crippen molar-refractivity contribution in [3.63, 3.8) is 0 Å². The summed E-state index contributed by atoms with van der Waals surface area (Å²) < 4.78 is 10.7. The Morgan fingerprint density at radius 2 is 1.73 bits per heavy atom. The predicted molar refractivity (Wildman–Crippen MR) is 114 cm³/mol. The molecule has 0 aliphatic rings. The minimum Gasteiger partial charge on any atom is -0.497 e. The van der Waals surface area contributed by atoms with Crippen molar-refractivity contribution < 1.29 is 19.1 Å². The van der Waals surface area contributed by atoms with Crippen LogP contribution in [-0.4, -0.2) is 31.0 Å². The Morgan fingerprint density at radius 3 is 2.43 bits per heavy atom. The Kier molecular flexibility index (Phi) is 6.64. The second-order valence-corrected chi connectivity index (χ2v) is 6.58. The zero-order valence-corrected chi connectivity index (χ0v) is 17.0. The van der Waals surface area contributed by atoms with Crippen LogP contribution >= 0.6 is 0 Å². The Bertz CT molecular complexity index is 1040. The molecule has 3 aromatic rings. The first kappa shape index (κ1) is 20.9. The molecule has 30 heavy (non-hydrogen) atoms. The average molecular weight is 405 g/mol. The highest BCUT2D eigenvalue weighted by Crippen LogP contribution is 2.29. The molecule has 1 heterocycles. The van der Waals surface area contributed by atoms with E-state index >= 15 is 0 Å². The maximum Gasteiger partial charge on any atom is 0.257 e. The molecule has 1 aromatic heterocycles. The quantitative estimate of drug-likeness (QED) is 0.623. The molecule has 1 atom stereocenters. The molecule has 2 aromatic carbocycles. The van der Waals surface area contributed by atoms with Crippen LogP contribution in [0.5, 0.6) is 11.5 Å². The molecule has 0 aliphatic carbocycles. The molecule has 7 nitrogen and oxygen atoms in total. The Balaban J connectivity index is 1.73. The van der Waals surface area contributed by atoms with Crippen LogP contribution in [0, 0.1) is 0 Å². The van der Waals surface area contributed by atoms with Crippen molar-refractivity contribution in [3.8, 4) is 11.5 Å². The summed E-state index contributed by atoms with van der Waals surface area (Å²) in [7, 11) is 3.16. The van der Waals surface area contributed by atoms with Gasteiger partial charge in [0.2, 0.25) is 0 Å². The smallest absolute Gasteiger partial charge is 0.257 e. The second-order valence-electron chi connectivity index (χ2n) is 6.58. The number of nitrogens with one attached hydrogen (secondary N) is 2. The van der Waals surface area contributed by atoms with Crippen molar-refractivity contribution in [2.24, 2.45) is 0 Å². The number of pyridine rings is 1. The molecule has 3 rings (SSSR count). The molecule has 2 N–H and O–H groups in total. The fourth-order valence-electron chi connectivity index (χ4n) is 2.97. The van der Waals surface area contributed by atoms with Crippen LogP contribution in [0.4, 0.5) is 5.69 Å². The maximum absolute atomic E-state index is 12.8. The van der Waals surface area contributed by atoms with Gasteiger partial charge in [-0.3, -0.25) is 14.6 Å². The Morgan fingerprint density at radius 1 is 0.933 bits per heavy atom. The second kappa shape index (κ2) is 9.56. The third kappa shape index (κ3) is 4.94. The molecule has 154 valence electrons. The minimum absolute atomic E-state index is 0.273. The number of rotatable bonds is 7. The normalized spacial score (nSPS) is 11.3. The van der Waals surface area contributed by atoms with Gasteiger partial charge >= 0.3 is 0 Å². The molecule has 0 aliphatic heterocycles. The lowest BCUT2D eigenvalue weighted by Gasteiger charge is -2.18. The molecule has 0 spiro atoms. The number of ether oxygens (including phenoxy) is 2. The van der Waals surface area contributed by atoms with E-state index in [1.807, 2.05) is 13.0 Å². The van der Waals surface area contributed by atoms with Gasteiger partial charge in [0.1, 0.15) is 11.5 Å². The maximum atomic E-state index is 12.8. The number of amides is 2. The summed E-state index contributed by atoms with van der Waals surface area (Å²) in [5.41, 5.74) is 2.17. The number of benzene rings is 2. The highest BCUT2D eigenvalue weighted by molar-refractivity contribution is 6.05. The van der Waals surface area contributed by atoms with Crippen LogP contribution in [0.2, 0.25) is 0 Å². The standard InChI is InChI=1S/C23H23N3O4/c1-15(20-13-19(29-2)9-10-21(20)30-3)25-22(27)16-6-4-8-18(12-16)26-23(28)17-7-5-11-24-14-17/h4-15H,1-3H3,(H,25,27)(H,26,28). The first-order valence-electron chi connectivity index (χ1n) is 9.36. The van der Waals surface area contributed by atoms with Crippen LogP contribution in [-0.2, 0) is 0 Å². The predicted octanol–water partition coefficient (Wildman–Crippen LogP) is 3.84. The van der Waals surface area contributed by atoms with E-state index in [9.17, 15) is 9.59 Å². The topological polar surface area (TPSA) is 89.5 Å². The summed E-state index contributed by atoms with van der Waals surface area (Å²) in [6.45, 7) is 1.86. The van der Waals surface area contributed by atoms with Crippen LogP contribution in [0.15, 0.2) is 67.0 Å². The lowest BCUT2D eigenvalue weighted by molar-refractivity contribution is 0.0938. The zero-order chi connectivity index (χ0) is 21.5. The van der Waals surface area contributed by atoms with E-state index in [1.165, 1.54) is 6.20 Å². The molecule has 2 amide bonds. The number of carbonyl (C=O) groups excluding carboxylic acids is 2. The van der Waals surface area contributed by atoms with Gasteiger partial charge in [-0.1, -0.05) is 6.07 Å². The third-order valence-corrected chi connectivity index (χ3v) is 4.56.